The molecule has 5 heteroatoms. The second-order valence-electron chi connectivity index (χ2n) is 7.02. The molecular weight excluding hydrogens is 294 g/mol. The van der Waals surface area contributed by atoms with Crippen molar-refractivity contribution in [3.63, 3.8) is 0 Å². The maximum Gasteiger partial charge on any atom is 0.236 e. The summed E-state index contributed by atoms with van der Waals surface area (Å²) >= 11 is 1.72. The van der Waals surface area contributed by atoms with E-state index in [2.05, 4.69) is 28.6 Å². The molecule has 1 aliphatic carbocycles. The zero-order chi connectivity index (χ0) is 15.5. The molecule has 2 aliphatic heterocycles. The van der Waals surface area contributed by atoms with Crippen molar-refractivity contribution in [3.05, 3.63) is 0 Å². The van der Waals surface area contributed by atoms with Gasteiger partial charge in [0.25, 0.3) is 0 Å². The molecule has 1 saturated carbocycles. The number of hydrogen-bond donors (Lipinski definition) is 0. The Morgan fingerprint density at radius 1 is 1.09 bits per heavy atom. The van der Waals surface area contributed by atoms with E-state index in [0.717, 1.165) is 31.2 Å². The highest BCUT2D eigenvalue weighted by Crippen LogP contribution is 2.32. The Hall–Kier alpha value is -0.710. The Labute approximate surface area is 138 Å². The van der Waals surface area contributed by atoms with Gasteiger partial charge in [0.1, 0.15) is 0 Å². The molecule has 0 N–H and O–H groups in total. The minimum atomic E-state index is 0.0985. The van der Waals surface area contributed by atoms with Gasteiger partial charge in [-0.3, -0.25) is 9.79 Å². The molecule has 1 amide bonds. The molecule has 22 heavy (non-hydrogen) atoms. The van der Waals surface area contributed by atoms with Gasteiger partial charge in [0.05, 0.1) is 11.8 Å². The lowest BCUT2D eigenvalue weighted by atomic mass is 10.1. The molecule has 0 radical (unpaired) electrons. The van der Waals surface area contributed by atoms with Gasteiger partial charge in [-0.25, -0.2) is 0 Å². The molecule has 3 aliphatic rings. The normalized spacial score (nSPS) is 27.7. The molecule has 1 atom stereocenters. The number of carbonyl (C=O) groups is 1. The summed E-state index contributed by atoms with van der Waals surface area (Å²) in [5.74, 6) is 0.371. The summed E-state index contributed by atoms with van der Waals surface area (Å²) in [5.41, 5.74) is 0. The van der Waals surface area contributed by atoms with Crippen molar-refractivity contribution in [1.82, 2.24) is 9.80 Å². The van der Waals surface area contributed by atoms with E-state index in [0.29, 0.717) is 18.0 Å². The molecule has 4 nitrogen and oxygen atoms in total. The average Bonchev–Trinajstić information content (AvgIpc) is 2.99. The quantitative estimate of drug-likeness (QED) is 0.749. The lowest BCUT2D eigenvalue weighted by Gasteiger charge is -2.28. The van der Waals surface area contributed by atoms with Crippen molar-refractivity contribution < 1.29 is 4.79 Å². The third-order valence-corrected chi connectivity index (χ3v) is 6.46. The van der Waals surface area contributed by atoms with Gasteiger partial charge < -0.3 is 9.80 Å². The summed E-state index contributed by atoms with van der Waals surface area (Å²) in [5, 5.41) is 1.19. The molecule has 0 aromatic heterocycles. The standard InChI is InChI=1S/C17H29N3OS/c1-13(2)19-12-10-18-17(19)22-15-9-11-20(16(15)21)14-7-5-3-4-6-8-14/h13-15H,3-12H2,1-2H3. The number of nitrogens with zero attached hydrogens (tertiary/aromatic N) is 3. The number of aliphatic imine (C=N–C) groups is 1. The maximum atomic E-state index is 12.8. The maximum absolute atomic E-state index is 12.8. The van der Waals surface area contributed by atoms with Gasteiger partial charge in [-0.2, -0.15) is 0 Å². The fourth-order valence-corrected chi connectivity index (χ4v) is 5.18. The molecular formula is C17H29N3OS. The molecule has 3 rings (SSSR count). The molecule has 2 heterocycles. The van der Waals surface area contributed by atoms with Gasteiger partial charge in [0, 0.05) is 25.2 Å². The van der Waals surface area contributed by atoms with E-state index in [4.69, 9.17) is 0 Å². The first-order chi connectivity index (χ1) is 10.7. The van der Waals surface area contributed by atoms with Crippen LogP contribution in [0.25, 0.3) is 0 Å². The third-order valence-electron chi connectivity index (χ3n) is 5.16. The predicted molar refractivity (Wildman–Crippen MR) is 93.3 cm³/mol. The fourth-order valence-electron chi connectivity index (χ4n) is 3.87. The van der Waals surface area contributed by atoms with Crippen molar-refractivity contribution in [3.8, 4) is 0 Å². The van der Waals surface area contributed by atoms with E-state index >= 15 is 0 Å². The van der Waals surface area contributed by atoms with Gasteiger partial charge in [-0.15, -0.1) is 0 Å². The Kier molecular flexibility index (Phi) is 5.32. The van der Waals surface area contributed by atoms with E-state index in [1.165, 1.54) is 38.5 Å². The van der Waals surface area contributed by atoms with Crippen LogP contribution in [-0.4, -0.2) is 57.8 Å². The van der Waals surface area contributed by atoms with E-state index in [1.54, 1.807) is 11.8 Å². The summed E-state index contributed by atoms with van der Waals surface area (Å²) in [6.45, 7) is 7.25. The molecule has 0 bridgehead atoms. The van der Waals surface area contributed by atoms with Crippen molar-refractivity contribution >= 4 is 22.8 Å². The van der Waals surface area contributed by atoms with Gasteiger partial charge in [-0.1, -0.05) is 37.4 Å². The zero-order valence-electron chi connectivity index (χ0n) is 14.0. The number of hydrogen-bond acceptors (Lipinski definition) is 4. The number of rotatable bonds is 3. The van der Waals surface area contributed by atoms with Crippen LogP contribution in [0.5, 0.6) is 0 Å². The monoisotopic (exact) mass is 323 g/mol. The first-order valence-corrected chi connectivity index (χ1v) is 9.83. The smallest absolute Gasteiger partial charge is 0.236 e. The largest absolute Gasteiger partial charge is 0.347 e. The highest BCUT2D eigenvalue weighted by atomic mass is 32.2. The van der Waals surface area contributed by atoms with Crippen LogP contribution < -0.4 is 0 Å². The number of carbonyl (C=O) groups excluding carboxylic acids is 1. The predicted octanol–water partition coefficient (Wildman–Crippen LogP) is 3.12. The Morgan fingerprint density at radius 3 is 2.50 bits per heavy atom. The summed E-state index contributed by atoms with van der Waals surface area (Å²) < 4.78 is 0. The highest BCUT2D eigenvalue weighted by Gasteiger charge is 2.38. The number of amidine groups is 1. The van der Waals surface area contributed by atoms with Gasteiger partial charge in [0.2, 0.25) is 5.91 Å². The number of likely N-dealkylation sites (tertiary alicyclic amines) is 1. The fraction of sp³-hybridized carbons (Fsp3) is 0.882. The van der Waals surface area contributed by atoms with Crippen LogP contribution in [-0.2, 0) is 4.79 Å². The average molecular weight is 324 g/mol. The molecule has 1 unspecified atom stereocenters. The highest BCUT2D eigenvalue weighted by molar-refractivity contribution is 8.14. The van der Waals surface area contributed by atoms with Crippen molar-refractivity contribution in [2.45, 2.75) is 76.1 Å². The van der Waals surface area contributed by atoms with Crippen LogP contribution in [0.3, 0.4) is 0 Å². The van der Waals surface area contributed by atoms with Crippen molar-refractivity contribution in [2.75, 3.05) is 19.6 Å². The van der Waals surface area contributed by atoms with Crippen LogP contribution in [0.15, 0.2) is 4.99 Å². The van der Waals surface area contributed by atoms with E-state index in [-0.39, 0.29) is 5.25 Å². The second-order valence-corrected chi connectivity index (χ2v) is 8.19. The van der Waals surface area contributed by atoms with Gasteiger partial charge >= 0.3 is 0 Å². The van der Waals surface area contributed by atoms with Crippen LogP contribution >= 0.6 is 11.8 Å². The minimum Gasteiger partial charge on any atom is -0.347 e. The number of amides is 1. The van der Waals surface area contributed by atoms with Crippen LogP contribution in [0.2, 0.25) is 0 Å². The minimum absolute atomic E-state index is 0.0985. The third kappa shape index (κ3) is 3.44. The van der Waals surface area contributed by atoms with Crippen LogP contribution in [0, 0.1) is 0 Å². The first kappa shape index (κ1) is 16.2. The lowest BCUT2D eigenvalue weighted by molar-refractivity contribution is -0.129. The van der Waals surface area contributed by atoms with Crippen LogP contribution in [0.1, 0.15) is 58.8 Å². The van der Waals surface area contributed by atoms with E-state index in [1.807, 2.05) is 0 Å². The topological polar surface area (TPSA) is 35.9 Å². The van der Waals surface area contributed by atoms with Crippen LogP contribution in [0.4, 0.5) is 0 Å². The van der Waals surface area contributed by atoms with Gasteiger partial charge in [-0.05, 0) is 33.1 Å². The number of thioether (sulfide) groups is 1. The Bertz CT molecular complexity index is 430. The summed E-state index contributed by atoms with van der Waals surface area (Å²) in [4.78, 5) is 22.0. The summed E-state index contributed by atoms with van der Waals surface area (Å²) in [7, 11) is 0. The molecule has 1 saturated heterocycles. The first-order valence-electron chi connectivity index (χ1n) is 8.95. The molecule has 2 fully saturated rings. The van der Waals surface area contributed by atoms with Crippen molar-refractivity contribution in [2.24, 2.45) is 4.99 Å². The Morgan fingerprint density at radius 2 is 1.82 bits per heavy atom. The molecule has 0 spiro atoms. The zero-order valence-corrected chi connectivity index (χ0v) is 14.8. The summed E-state index contributed by atoms with van der Waals surface area (Å²) in [6, 6.07) is 0.982. The molecule has 0 aromatic carbocycles. The molecule has 0 aromatic rings. The second kappa shape index (κ2) is 7.24. The molecule has 124 valence electrons. The SMILES string of the molecule is CC(C)N1CCN=C1SC1CCN(C2CCCCCC2)C1=O. The Balaban J connectivity index is 1.59. The lowest BCUT2D eigenvalue weighted by Crippen LogP contribution is -2.39. The van der Waals surface area contributed by atoms with E-state index < -0.39 is 0 Å². The summed E-state index contributed by atoms with van der Waals surface area (Å²) in [6.07, 6.45) is 8.68. The van der Waals surface area contributed by atoms with Gasteiger partial charge in [0.15, 0.2) is 5.17 Å². The van der Waals surface area contributed by atoms with E-state index in [9.17, 15) is 4.79 Å². The van der Waals surface area contributed by atoms with Crippen molar-refractivity contribution in [1.29, 1.82) is 0 Å².